The normalized spacial score (nSPS) is 17.8. The standard InChI is InChI=1S/C18H19ClN2O4S/c1-25-13-9-10-16(15(19)12-13)20-18(22)17-8-5-11-21(17)26(23,24)14-6-3-2-4-7-14/h2-4,6-7,9-10,12,17H,5,8,11H2,1H3,(H,20,22). The van der Waals surface area contributed by atoms with Gasteiger partial charge in [0.25, 0.3) is 0 Å². The van der Waals surface area contributed by atoms with Gasteiger partial charge in [-0.05, 0) is 37.1 Å². The second-order valence-electron chi connectivity index (χ2n) is 5.92. The number of carbonyl (C=O) groups excluding carboxylic acids is 1. The van der Waals surface area contributed by atoms with E-state index in [0.29, 0.717) is 35.8 Å². The van der Waals surface area contributed by atoms with Crippen molar-refractivity contribution in [1.29, 1.82) is 0 Å². The summed E-state index contributed by atoms with van der Waals surface area (Å²) in [5, 5.41) is 3.05. The Kier molecular flexibility index (Phi) is 5.50. The Bertz CT molecular complexity index is 903. The van der Waals surface area contributed by atoms with Crippen LogP contribution in [-0.2, 0) is 14.8 Å². The highest BCUT2D eigenvalue weighted by Crippen LogP contribution is 2.30. The molecule has 0 saturated carbocycles. The Labute approximate surface area is 157 Å². The minimum atomic E-state index is -3.73. The number of amides is 1. The number of methoxy groups -OCH3 is 1. The van der Waals surface area contributed by atoms with Gasteiger partial charge in [-0.3, -0.25) is 4.79 Å². The van der Waals surface area contributed by atoms with Crippen LogP contribution < -0.4 is 10.1 Å². The van der Waals surface area contributed by atoms with E-state index in [9.17, 15) is 13.2 Å². The summed E-state index contributed by atoms with van der Waals surface area (Å²) < 4.78 is 32.1. The molecule has 1 amide bonds. The van der Waals surface area contributed by atoms with E-state index in [-0.39, 0.29) is 4.90 Å². The van der Waals surface area contributed by atoms with Crippen LogP contribution in [0.5, 0.6) is 5.75 Å². The number of halogens is 1. The molecule has 0 aliphatic carbocycles. The van der Waals surface area contributed by atoms with Crippen LogP contribution in [0.25, 0.3) is 0 Å². The van der Waals surface area contributed by atoms with Crippen molar-refractivity contribution in [3.63, 3.8) is 0 Å². The van der Waals surface area contributed by atoms with Gasteiger partial charge < -0.3 is 10.1 Å². The molecule has 1 fully saturated rings. The van der Waals surface area contributed by atoms with Crippen LogP contribution in [0, 0.1) is 0 Å². The summed E-state index contributed by atoms with van der Waals surface area (Å²) in [6, 6.07) is 12.3. The molecule has 3 rings (SSSR count). The first-order chi connectivity index (χ1) is 12.4. The van der Waals surface area contributed by atoms with Crippen molar-refractivity contribution >= 4 is 33.2 Å². The zero-order valence-electron chi connectivity index (χ0n) is 14.2. The maximum absolute atomic E-state index is 12.9. The van der Waals surface area contributed by atoms with Crippen molar-refractivity contribution in [1.82, 2.24) is 4.31 Å². The van der Waals surface area contributed by atoms with Gasteiger partial charge in [0.2, 0.25) is 15.9 Å². The molecule has 0 spiro atoms. The first kappa shape index (κ1) is 18.7. The van der Waals surface area contributed by atoms with Crippen molar-refractivity contribution in [2.45, 2.75) is 23.8 Å². The lowest BCUT2D eigenvalue weighted by atomic mass is 10.2. The third-order valence-electron chi connectivity index (χ3n) is 4.29. The molecule has 0 bridgehead atoms. The number of nitrogens with one attached hydrogen (secondary N) is 1. The first-order valence-electron chi connectivity index (χ1n) is 8.15. The Balaban J connectivity index is 1.81. The number of anilines is 1. The summed E-state index contributed by atoms with van der Waals surface area (Å²) in [5.74, 6) is 0.177. The largest absolute Gasteiger partial charge is 0.497 e. The van der Waals surface area contributed by atoms with Crippen LogP contribution in [0.3, 0.4) is 0 Å². The van der Waals surface area contributed by atoms with Crippen LogP contribution in [0.15, 0.2) is 53.4 Å². The van der Waals surface area contributed by atoms with Gasteiger partial charge >= 0.3 is 0 Å². The fourth-order valence-electron chi connectivity index (χ4n) is 2.96. The van der Waals surface area contributed by atoms with Gasteiger partial charge in [0.15, 0.2) is 0 Å². The third-order valence-corrected chi connectivity index (χ3v) is 6.53. The van der Waals surface area contributed by atoms with Gasteiger partial charge in [0, 0.05) is 12.6 Å². The number of rotatable bonds is 5. The molecule has 1 saturated heterocycles. The summed E-state index contributed by atoms with van der Waals surface area (Å²) in [7, 11) is -2.20. The number of sulfonamides is 1. The highest BCUT2D eigenvalue weighted by molar-refractivity contribution is 7.89. The molecule has 0 aromatic heterocycles. The maximum atomic E-state index is 12.9. The minimum absolute atomic E-state index is 0.183. The van der Waals surface area contributed by atoms with E-state index in [4.69, 9.17) is 16.3 Å². The molecule has 6 nitrogen and oxygen atoms in total. The molecule has 0 radical (unpaired) electrons. The zero-order chi connectivity index (χ0) is 18.7. The smallest absolute Gasteiger partial charge is 0.243 e. The highest BCUT2D eigenvalue weighted by atomic mass is 35.5. The summed E-state index contributed by atoms with van der Waals surface area (Å²) in [5.41, 5.74) is 0.418. The average molecular weight is 395 g/mol. The zero-order valence-corrected chi connectivity index (χ0v) is 15.8. The number of carbonyl (C=O) groups is 1. The minimum Gasteiger partial charge on any atom is -0.497 e. The summed E-state index contributed by atoms with van der Waals surface area (Å²) in [4.78, 5) is 12.9. The van der Waals surface area contributed by atoms with Crippen LogP contribution >= 0.6 is 11.6 Å². The molecule has 1 heterocycles. The lowest BCUT2D eigenvalue weighted by Crippen LogP contribution is -2.43. The van der Waals surface area contributed by atoms with Crippen molar-refractivity contribution in [3.05, 3.63) is 53.6 Å². The number of ether oxygens (including phenoxy) is 1. The van der Waals surface area contributed by atoms with Crippen molar-refractivity contribution in [2.75, 3.05) is 19.0 Å². The molecular weight excluding hydrogens is 376 g/mol. The van der Waals surface area contributed by atoms with Gasteiger partial charge in [0.05, 0.1) is 22.7 Å². The van der Waals surface area contributed by atoms with E-state index in [1.165, 1.54) is 23.5 Å². The topological polar surface area (TPSA) is 75.7 Å². The first-order valence-corrected chi connectivity index (χ1v) is 9.96. The quantitative estimate of drug-likeness (QED) is 0.845. The molecule has 1 atom stereocenters. The Morgan fingerprint density at radius 2 is 1.96 bits per heavy atom. The van der Waals surface area contributed by atoms with Crippen molar-refractivity contribution in [3.8, 4) is 5.75 Å². The van der Waals surface area contributed by atoms with E-state index in [1.54, 1.807) is 36.4 Å². The molecule has 1 unspecified atom stereocenters. The van der Waals surface area contributed by atoms with Gasteiger partial charge in [-0.15, -0.1) is 0 Å². The van der Waals surface area contributed by atoms with E-state index < -0.39 is 22.0 Å². The summed E-state index contributed by atoms with van der Waals surface area (Å²) in [6.07, 6.45) is 1.09. The third kappa shape index (κ3) is 3.70. The van der Waals surface area contributed by atoms with Crippen molar-refractivity contribution < 1.29 is 17.9 Å². The molecule has 1 aliphatic rings. The lowest BCUT2D eigenvalue weighted by Gasteiger charge is -2.23. The number of hydrogen-bond acceptors (Lipinski definition) is 4. The second kappa shape index (κ2) is 7.65. The number of benzene rings is 2. The lowest BCUT2D eigenvalue weighted by molar-refractivity contribution is -0.119. The fourth-order valence-corrected chi connectivity index (χ4v) is 4.85. The molecule has 138 valence electrons. The predicted molar refractivity (Wildman–Crippen MR) is 100.0 cm³/mol. The van der Waals surface area contributed by atoms with Gasteiger partial charge in [-0.1, -0.05) is 29.8 Å². The Hall–Kier alpha value is -2.09. The van der Waals surface area contributed by atoms with Crippen molar-refractivity contribution in [2.24, 2.45) is 0 Å². The molecule has 2 aromatic rings. The molecule has 26 heavy (non-hydrogen) atoms. The molecule has 1 N–H and O–H groups in total. The number of nitrogens with zero attached hydrogens (tertiary/aromatic N) is 1. The predicted octanol–water partition coefficient (Wildman–Crippen LogP) is 3.14. The fraction of sp³-hybridized carbons (Fsp3) is 0.278. The summed E-state index contributed by atoms with van der Waals surface area (Å²) >= 11 is 6.15. The van der Waals surface area contributed by atoms with Crippen LogP contribution in [0.2, 0.25) is 5.02 Å². The molecular formula is C18H19ClN2O4S. The monoisotopic (exact) mass is 394 g/mol. The number of hydrogen-bond donors (Lipinski definition) is 1. The highest BCUT2D eigenvalue weighted by Gasteiger charge is 2.39. The molecule has 2 aromatic carbocycles. The second-order valence-corrected chi connectivity index (χ2v) is 8.22. The van der Waals surface area contributed by atoms with E-state index in [2.05, 4.69) is 5.32 Å². The van der Waals surface area contributed by atoms with Gasteiger partial charge in [-0.2, -0.15) is 4.31 Å². The van der Waals surface area contributed by atoms with Crippen LogP contribution in [0.4, 0.5) is 5.69 Å². The maximum Gasteiger partial charge on any atom is 0.243 e. The molecule has 8 heteroatoms. The molecule has 1 aliphatic heterocycles. The van der Waals surface area contributed by atoms with Gasteiger partial charge in [-0.25, -0.2) is 8.42 Å². The van der Waals surface area contributed by atoms with E-state index >= 15 is 0 Å². The van der Waals surface area contributed by atoms with E-state index in [0.717, 1.165) is 0 Å². The Morgan fingerprint density at radius 3 is 2.62 bits per heavy atom. The summed E-state index contributed by atoms with van der Waals surface area (Å²) in [6.45, 7) is 0.311. The SMILES string of the molecule is COc1ccc(NC(=O)C2CCCN2S(=O)(=O)c2ccccc2)c(Cl)c1. The van der Waals surface area contributed by atoms with Crippen LogP contribution in [-0.4, -0.2) is 38.3 Å². The Morgan fingerprint density at radius 1 is 1.23 bits per heavy atom. The van der Waals surface area contributed by atoms with Gasteiger partial charge in [0.1, 0.15) is 11.8 Å². The van der Waals surface area contributed by atoms with E-state index in [1.807, 2.05) is 0 Å². The van der Waals surface area contributed by atoms with Crippen LogP contribution in [0.1, 0.15) is 12.8 Å². The average Bonchev–Trinajstić information content (AvgIpc) is 3.15.